The summed E-state index contributed by atoms with van der Waals surface area (Å²) in [5.41, 5.74) is 3.28. The maximum absolute atomic E-state index is 12.4. The van der Waals surface area contributed by atoms with Crippen LogP contribution in [0.3, 0.4) is 0 Å². The van der Waals surface area contributed by atoms with E-state index in [2.05, 4.69) is 13.0 Å². The molecule has 0 N–H and O–H groups in total. The van der Waals surface area contributed by atoms with E-state index in [1.807, 2.05) is 42.5 Å². The number of hydrogen-bond acceptors (Lipinski definition) is 1. The molecule has 2 aromatic rings. The van der Waals surface area contributed by atoms with Crippen LogP contribution in [-0.4, -0.2) is 5.78 Å². The number of benzene rings is 2. The first kappa shape index (κ1) is 13.4. The molecule has 102 valence electrons. The number of ketones is 1. The lowest BCUT2D eigenvalue weighted by Crippen LogP contribution is -2.03. The molecule has 2 atom stereocenters. The molecule has 0 amide bonds. The van der Waals surface area contributed by atoms with Crippen molar-refractivity contribution in [3.63, 3.8) is 0 Å². The monoisotopic (exact) mass is 284 g/mol. The topological polar surface area (TPSA) is 17.1 Å². The van der Waals surface area contributed by atoms with Crippen molar-refractivity contribution < 1.29 is 4.79 Å². The van der Waals surface area contributed by atoms with Crippen LogP contribution in [-0.2, 0) is 6.42 Å². The number of hydrogen-bond donors (Lipinski definition) is 0. The lowest BCUT2D eigenvalue weighted by atomic mass is 10.0. The van der Waals surface area contributed by atoms with Crippen LogP contribution < -0.4 is 0 Å². The zero-order chi connectivity index (χ0) is 14.1. The smallest absolute Gasteiger partial charge is 0.166 e. The molecule has 1 saturated carbocycles. The quantitative estimate of drug-likeness (QED) is 0.731. The van der Waals surface area contributed by atoms with Gasteiger partial charge in [0.2, 0.25) is 0 Å². The minimum Gasteiger partial charge on any atom is -0.294 e. The van der Waals surface area contributed by atoms with E-state index < -0.39 is 0 Å². The van der Waals surface area contributed by atoms with Crippen molar-refractivity contribution in [2.45, 2.75) is 25.7 Å². The van der Waals surface area contributed by atoms with E-state index in [0.29, 0.717) is 5.92 Å². The first-order chi connectivity index (χ1) is 9.69. The molecule has 3 rings (SSSR count). The highest BCUT2D eigenvalue weighted by Gasteiger charge is 2.43. The van der Waals surface area contributed by atoms with Gasteiger partial charge in [0.05, 0.1) is 0 Å². The van der Waals surface area contributed by atoms with Crippen LogP contribution >= 0.6 is 11.6 Å². The maximum atomic E-state index is 12.4. The molecule has 2 aromatic carbocycles. The number of rotatable bonds is 4. The van der Waals surface area contributed by atoms with Crippen molar-refractivity contribution in [1.82, 2.24) is 0 Å². The summed E-state index contributed by atoms with van der Waals surface area (Å²) < 4.78 is 0. The van der Waals surface area contributed by atoms with E-state index in [1.165, 1.54) is 11.1 Å². The van der Waals surface area contributed by atoms with Crippen molar-refractivity contribution >= 4 is 17.4 Å². The number of halogens is 1. The fraction of sp³-hybridized carbons (Fsp3) is 0.278. The molecule has 0 saturated heterocycles. The van der Waals surface area contributed by atoms with E-state index in [4.69, 9.17) is 11.6 Å². The Morgan fingerprint density at radius 2 is 1.95 bits per heavy atom. The van der Waals surface area contributed by atoms with Gasteiger partial charge in [0.1, 0.15) is 0 Å². The Bertz CT molecular complexity index is 630. The molecule has 20 heavy (non-hydrogen) atoms. The highest BCUT2D eigenvalue weighted by molar-refractivity contribution is 6.30. The summed E-state index contributed by atoms with van der Waals surface area (Å²) in [6.07, 6.45) is 1.94. The predicted octanol–water partition coefficient (Wildman–Crippen LogP) is 4.89. The standard InChI is InChI=1S/C18H17ClO/c1-2-12-6-8-13(9-7-12)18(20)17-11-16(17)14-4-3-5-15(19)10-14/h3-10,16-17H,2,11H2,1H3. The van der Waals surface area contributed by atoms with Gasteiger partial charge in [-0.05, 0) is 42.0 Å². The van der Waals surface area contributed by atoms with Gasteiger partial charge in [0.25, 0.3) is 0 Å². The Morgan fingerprint density at radius 3 is 2.60 bits per heavy atom. The Morgan fingerprint density at radius 1 is 1.20 bits per heavy atom. The zero-order valence-corrected chi connectivity index (χ0v) is 12.2. The second-order valence-electron chi connectivity index (χ2n) is 5.42. The van der Waals surface area contributed by atoms with Gasteiger partial charge >= 0.3 is 0 Å². The van der Waals surface area contributed by atoms with Crippen LogP contribution in [0.5, 0.6) is 0 Å². The Balaban J connectivity index is 1.73. The Hall–Kier alpha value is -1.60. The molecule has 0 aromatic heterocycles. The molecule has 0 heterocycles. The van der Waals surface area contributed by atoms with Gasteiger partial charge in [-0.2, -0.15) is 0 Å². The third-order valence-electron chi connectivity index (χ3n) is 4.05. The lowest BCUT2D eigenvalue weighted by molar-refractivity contribution is 0.0965. The van der Waals surface area contributed by atoms with Crippen molar-refractivity contribution in [2.24, 2.45) is 5.92 Å². The molecule has 0 bridgehead atoms. The van der Waals surface area contributed by atoms with Gasteiger partial charge in [-0.25, -0.2) is 0 Å². The number of Topliss-reactive ketones (excluding diaryl/α,β-unsaturated/α-hetero) is 1. The van der Waals surface area contributed by atoms with Crippen molar-refractivity contribution in [1.29, 1.82) is 0 Å². The second kappa shape index (κ2) is 5.41. The highest BCUT2D eigenvalue weighted by Crippen LogP contribution is 2.49. The van der Waals surface area contributed by atoms with E-state index in [0.717, 1.165) is 23.4 Å². The average molecular weight is 285 g/mol. The van der Waals surface area contributed by atoms with Gasteiger partial charge in [-0.15, -0.1) is 0 Å². The average Bonchev–Trinajstić information content (AvgIpc) is 3.27. The van der Waals surface area contributed by atoms with Crippen LogP contribution in [0, 0.1) is 5.92 Å². The van der Waals surface area contributed by atoms with Crippen LogP contribution in [0.15, 0.2) is 48.5 Å². The fourth-order valence-corrected chi connectivity index (χ4v) is 2.91. The third kappa shape index (κ3) is 2.64. The normalized spacial score (nSPS) is 20.7. The maximum Gasteiger partial charge on any atom is 0.166 e. The van der Waals surface area contributed by atoms with Gasteiger partial charge in [0.15, 0.2) is 5.78 Å². The van der Waals surface area contributed by atoms with Crippen LogP contribution in [0.2, 0.25) is 5.02 Å². The summed E-state index contributed by atoms with van der Waals surface area (Å²) in [5.74, 6) is 0.727. The zero-order valence-electron chi connectivity index (χ0n) is 11.5. The Kier molecular flexibility index (Phi) is 3.62. The Labute approximate surface area is 124 Å². The fourth-order valence-electron chi connectivity index (χ4n) is 2.71. The van der Waals surface area contributed by atoms with E-state index in [1.54, 1.807) is 0 Å². The summed E-state index contributed by atoms with van der Waals surface area (Å²) >= 11 is 6.01. The van der Waals surface area contributed by atoms with Gasteiger partial charge < -0.3 is 0 Å². The van der Waals surface area contributed by atoms with Gasteiger partial charge in [-0.1, -0.05) is 54.9 Å². The van der Waals surface area contributed by atoms with Crippen molar-refractivity contribution in [3.8, 4) is 0 Å². The minimum absolute atomic E-state index is 0.126. The van der Waals surface area contributed by atoms with E-state index in [9.17, 15) is 4.79 Å². The number of carbonyl (C=O) groups excluding carboxylic acids is 1. The third-order valence-corrected chi connectivity index (χ3v) is 4.29. The van der Waals surface area contributed by atoms with Crippen molar-refractivity contribution in [3.05, 3.63) is 70.2 Å². The SMILES string of the molecule is CCc1ccc(C(=O)C2CC2c2cccc(Cl)c2)cc1. The largest absolute Gasteiger partial charge is 0.294 e. The molecular weight excluding hydrogens is 268 g/mol. The first-order valence-electron chi connectivity index (χ1n) is 7.07. The molecule has 0 radical (unpaired) electrons. The predicted molar refractivity (Wildman–Crippen MR) is 82.5 cm³/mol. The molecule has 0 aliphatic heterocycles. The van der Waals surface area contributed by atoms with Gasteiger partial charge in [0, 0.05) is 16.5 Å². The molecule has 2 unspecified atom stereocenters. The summed E-state index contributed by atoms with van der Waals surface area (Å²) in [5, 5.41) is 0.743. The molecule has 1 fully saturated rings. The van der Waals surface area contributed by atoms with Crippen LogP contribution in [0.1, 0.15) is 40.7 Å². The molecule has 2 heteroatoms. The van der Waals surface area contributed by atoms with E-state index in [-0.39, 0.29) is 11.7 Å². The van der Waals surface area contributed by atoms with E-state index >= 15 is 0 Å². The summed E-state index contributed by atoms with van der Waals surface area (Å²) in [4.78, 5) is 12.4. The summed E-state index contributed by atoms with van der Waals surface area (Å²) in [7, 11) is 0. The summed E-state index contributed by atoms with van der Waals surface area (Å²) in [6.45, 7) is 2.12. The molecule has 1 aliphatic rings. The minimum atomic E-state index is 0.126. The number of aryl methyl sites for hydroxylation is 1. The molecular formula is C18H17ClO. The second-order valence-corrected chi connectivity index (χ2v) is 5.85. The van der Waals surface area contributed by atoms with Gasteiger partial charge in [-0.3, -0.25) is 4.79 Å². The molecule has 1 nitrogen and oxygen atoms in total. The summed E-state index contributed by atoms with van der Waals surface area (Å²) in [6, 6.07) is 15.8. The molecule has 1 aliphatic carbocycles. The first-order valence-corrected chi connectivity index (χ1v) is 7.45. The lowest BCUT2D eigenvalue weighted by Gasteiger charge is -2.03. The highest BCUT2D eigenvalue weighted by atomic mass is 35.5. The number of carbonyl (C=O) groups is 1. The van der Waals surface area contributed by atoms with Crippen molar-refractivity contribution in [2.75, 3.05) is 0 Å². The van der Waals surface area contributed by atoms with Crippen LogP contribution in [0.4, 0.5) is 0 Å². The van der Waals surface area contributed by atoms with Crippen LogP contribution in [0.25, 0.3) is 0 Å². The molecule has 0 spiro atoms.